The Labute approximate surface area is 128 Å². The highest BCUT2D eigenvalue weighted by Crippen LogP contribution is 2.20. The van der Waals surface area contributed by atoms with Crippen LogP contribution in [0.1, 0.15) is 21.5 Å². The average Bonchev–Trinajstić information content (AvgIpc) is 2.37. The molecule has 98 valence electrons. The van der Waals surface area contributed by atoms with Gasteiger partial charge in [-0.3, -0.25) is 4.79 Å². The van der Waals surface area contributed by atoms with Crippen LogP contribution in [-0.2, 0) is 6.42 Å². The molecule has 1 nitrogen and oxygen atoms in total. The predicted octanol–water partition coefficient (Wildman–Crippen LogP) is 5.08. The van der Waals surface area contributed by atoms with Crippen LogP contribution < -0.4 is 0 Å². The highest BCUT2D eigenvalue weighted by molar-refractivity contribution is 9.10. The fourth-order valence-corrected chi connectivity index (χ4v) is 2.43. The second kappa shape index (κ2) is 5.97. The SMILES string of the molecule is Cc1cc(C(=O)Cc2cc(Br)ccc2F)ccc1Br. The lowest BCUT2D eigenvalue weighted by atomic mass is 10.0. The zero-order chi connectivity index (χ0) is 14.0. The Morgan fingerprint density at radius 1 is 1.16 bits per heavy atom. The van der Waals surface area contributed by atoms with E-state index < -0.39 is 0 Å². The van der Waals surface area contributed by atoms with Crippen molar-refractivity contribution >= 4 is 37.6 Å². The summed E-state index contributed by atoms with van der Waals surface area (Å²) < 4.78 is 15.3. The quantitative estimate of drug-likeness (QED) is 0.673. The molecule has 2 aromatic carbocycles. The molecule has 2 rings (SSSR count). The number of rotatable bonds is 3. The molecule has 0 N–H and O–H groups in total. The molecule has 19 heavy (non-hydrogen) atoms. The van der Waals surface area contributed by atoms with Crippen LogP contribution in [0, 0.1) is 12.7 Å². The number of aryl methyl sites for hydroxylation is 1. The third-order valence-electron chi connectivity index (χ3n) is 2.84. The molecular formula is C15H11Br2FO. The molecule has 0 spiro atoms. The zero-order valence-electron chi connectivity index (χ0n) is 10.2. The molecule has 0 aliphatic heterocycles. The molecule has 0 unspecified atom stereocenters. The van der Waals surface area contributed by atoms with Gasteiger partial charge >= 0.3 is 0 Å². The van der Waals surface area contributed by atoms with Gasteiger partial charge in [-0.15, -0.1) is 0 Å². The topological polar surface area (TPSA) is 17.1 Å². The van der Waals surface area contributed by atoms with Crippen LogP contribution in [0.15, 0.2) is 45.3 Å². The minimum atomic E-state index is -0.356. The first-order valence-corrected chi connectivity index (χ1v) is 7.29. The van der Waals surface area contributed by atoms with E-state index in [1.807, 2.05) is 19.1 Å². The van der Waals surface area contributed by atoms with Gasteiger partial charge in [0.15, 0.2) is 5.78 Å². The maximum Gasteiger partial charge on any atom is 0.167 e. The number of hydrogen-bond acceptors (Lipinski definition) is 1. The second-order valence-electron chi connectivity index (χ2n) is 4.30. The van der Waals surface area contributed by atoms with E-state index in [0.717, 1.165) is 14.5 Å². The van der Waals surface area contributed by atoms with Crippen LogP contribution in [0.25, 0.3) is 0 Å². The highest BCUT2D eigenvalue weighted by Gasteiger charge is 2.11. The largest absolute Gasteiger partial charge is 0.294 e. The first kappa shape index (κ1) is 14.4. The molecule has 0 aliphatic rings. The van der Waals surface area contributed by atoms with Crippen molar-refractivity contribution in [1.82, 2.24) is 0 Å². The monoisotopic (exact) mass is 384 g/mol. The van der Waals surface area contributed by atoms with Crippen LogP contribution >= 0.6 is 31.9 Å². The van der Waals surface area contributed by atoms with Gasteiger partial charge in [-0.25, -0.2) is 4.39 Å². The molecule has 0 amide bonds. The minimum Gasteiger partial charge on any atom is -0.294 e. The third-order valence-corrected chi connectivity index (χ3v) is 4.22. The summed E-state index contributed by atoms with van der Waals surface area (Å²) in [5, 5.41) is 0. The smallest absolute Gasteiger partial charge is 0.167 e. The first-order chi connectivity index (χ1) is 8.97. The maximum absolute atomic E-state index is 13.6. The number of hydrogen-bond donors (Lipinski definition) is 0. The molecule has 0 aliphatic carbocycles. The lowest BCUT2D eigenvalue weighted by Crippen LogP contribution is -2.05. The summed E-state index contributed by atoms with van der Waals surface area (Å²) >= 11 is 6.67. The summed E-state index contributed by atoms with van der Waals surface area (Å²) in [6.07, 6.45) is 0.0619. The van der Waals surface area contributed by atoms with Crippen LogP contribution in [0.5, 0.6) is 0 Å². The van der Waals surface area contributed by atoms with Crippen molar-refractivity contribution in [1.29, 1.82) is 0 Å². The molecule has 0 heterocycles. The Balaban J connectivity index is 2.25. The van der Waals surface area contributed by atoms with E-state index in [1.165, 1.54) is 6.07 Å². The van der Waals surface area contributed by atoms with Crippen molar-refractivity contribution in [2.45, 2.75) is 13.3 Å². The van der Waals surface area contributed by atoms with Gasteiger partial charge in [0.05, 0.1) is 0 Å². The summed E-state index contributed by atoms with van der Waals surface area (Å²) in [4.78, 5) is 12.1. The number of benzene rings is 2. The van der Waals surface area contributed by atoms with Gasteiger partial charge in [-0.2, -0.15) is 0 Å². The standard InChI is InChI=1S/C15H11Br2FO/c1-9-6-10(2-4-13(9)17)15(19)8-11-7-12(16)3-5-14(11)18/h2-7H,8H2,1H3. The van der Waals surface area contributed by atoms with E-state index >= 15 is 0 Å². The normalized spacial score (nSPS) is 10.5. The van der Waals surface area contributed by atoms with Crippen molar-refractivity contribution in [3.8, 4) is 0 Å². The Hall–Kier alpha value is -1.00. The van der Waals surface area contributed by atoms with E-state index in [0.29, 0.717) is 11.1 Å². The Morgan fingerprint density at radius 3 is 2.58 bits per heavy atom. The van der Waals surface area contributed by atoms with Crippen LogP contribution in [0.4, 0.5) is 4.39 Å². The van der Waals surface area contributed by atoms with Gasteiger partial charge in [0.25, 0.3) is 0 Å². The van der Waals surface area contributed by atoms with Crippen molar-refractivity contribution < 1.29 is 9.18 Å². The summed E-state index contributed by atoms with van der Waals surface area (Å²) in [5.74, 6) is -0.446. The highest BCUT2D eigenvalue weighted by atomic mass is 79.9. The summed E-state index contributed by atoms with van der Waals surface area (Å²) in [6.45, 7) is 1.92. The van der Waals surface area contributed by atoms with E-state index in [2.05, 4.69) is 31.9 Å². The summed E-state index contributed by atoms with van der Waals surface area (Å²) in [6, 6.07) is 10.0. The molecule has 0 radical (unpaired) electrons. The van der Waals surface area contributed by atoms with Gasteiger partial charge in [0.2, 0.25) is 0 Å². The van der Waals surface area contributed by atoms with Gasteiger partial charge in [-0.05, 0) is 48.4 Å². The lowest BCUT2D eigenvalue weighted by Gasteiger charge is -2.06. The first-order valence-electron chi connectivity index (χ1n) is 5.70. The molecular weight excluding hydrogens is 375 g/mol. The van der Waals surface area contributed by atoms with E-state index in [9.17, 15) is 9.18 Å². The second-order valence-corrected chi connectivity index (χ2v) is 6.07. The van der Waals surface area contributed by atoms with Crippen LogP contribution in [0.3, 0.4) is 0 Å². The van der Waals surface area contributed by atoms with E-state index in [-0.39, 0.29) is 18.0 Å². The predicted molar refractivity (Wildman–Crippen MR) is 81.0 cm³/mol. The number of Topliss-reactive ketones (excluding diaryl/α,β-unsaturated/α-hetero) is 1. The molecule has 0 bridgehead atoms. The Morgan fingerprint density at radius 2 is 1.89 bits per heavy atom. The van der Waals surface area contributed by atoms with Crippen molar-refractivity contribution in [3.05, 3.63) is 67.9 Å². The molecule has 0 fully saturated rings. The minimum absolute atomic E-state index is 0.0619. The van der Waals surface area contributed by atoms with Crippen molar-refractivity contribution in [2.24, 2.45) is 0 Å². The summed E-state index contributed by atoms with van der Waals surface area (Å²) in [5.41, 5.74) is 1.99. The fraction of sp³-hybridized carbons (Fsp3) is 0.133. The zero-order valence-corrected chi connectivity index (χ0v) is 13.4. The molecule has 4 heteroatoms. The number of halogens is 3. The summed E-state index contributed by atoms with van der Waals surface area (Å²) in [7, 11) is 0. The van der Waals surface area contributed by atoms with Crippen molar-refractivity contribution in [3.63, 3.8) is 0 Å². The van der Waals surface area contributed by atoms with Gasteiger partial charge in [-0.1, -0.05) is 37.9 Å². The van der Waals surface area contributed by atoms with Crippen LogP contribution in [-0.4, -0.2) is 5.78 Å². The van der Waals surface area contributed by atoms with Gasteiger partial charge < -0.3 is 0 Å². The third kappa shape index (κ3) is 3.51. The van der Waals surface area contributed by atoms with Gasteiger partial charge in [0.1, 0.15) is 5.82 Å². The molecule has 0 aromatic heterocycles. The average molecular weight is 386 g/mol. The van der Waals surface area contributed by atoms with Gasteiger partial charge in [0, 0.05) is 20.9 Å². The maximum atomic E-state index is 13.6. The van der Waals surface area contributed by atoms with Crippen molar-refractivity contribution in [2.75, 3.05) is 0 Å². The number of ketones is 1. The fourth-order valence-electron chi connectivity index (χ4n) is 1.77. The number of carbonyl (C=O) groups excluding carboxylic acids is 1. The molecule has 0 saturated heterocycles. The Bertz CT molecular complexity index is 638. The van der Waals surface area contributed by atoms with Crippen LogP contribution in [0.2, 0.25) is 0 Å². The molecule has 0 atom stereocenters. The molecule has 2 aromatic rings. The van der Waals surface area contributed by atoms with E-state index in [4.69, 9.17) is 0 Å². The Kier molecular flexibility index (Phi) is 4.53. The lowest BCUT2D eigenvalue weighted by molar-refractivity contribution is 0.0991. The van der Waals surface area contributed by atoms with E-state index in [1.54, 1.807) is 18.2 Å². The molecule has 0 saturated carbocycles. The number of carbonyl (C=O) groups is 1.